The van der Waals surface area contributed by atoms with Gasteiger partial charge in [-0.1, -0.05) is 32.1 Å². The smallest absolute Gasteiger partial charge is 0.409 e. The maximum absolute atomic E-state index is 10.9. The monoisotopic (exact) mass is 295 g/mol. The van der Waals surface area contributed by atoms with Crippen LogP contribution in [0.5, 0.6) is 0 Å². The van der Waals surface area contributed by atoms with Gasteiger partial charge in [-0.15, -0.1) is 0 Å². The molecule has 1 atom stereocenters. The van der Waals surface area contributed by atoms with E-state index in [1.807, 2.05) is 27.7 Å². The summed E-state index contributed by atoms with van der Waals surface area (Å²) in [5, 5.41) is 22.6. The summed E-state index contributed by atoms with van der Waals surface area (Å²) in [5.74, 6) is 0. The summed E-state index contributed by atoms with van der Waals surface area (Å²) in [6.45, 7) is 7.50. The first-order valence-electron chi connectivity index (χ1n) is 6.14. The summed E-state index contributed by atoms with van der Waals surface area (Å²) in [6, 6.07) is 0. The predicted molar refractivity (Wildman–Crippen MR) is 78.2 cm³/mol. The number of amides is 1. The van der Waals surface area contributed by atoms with Gasteiger partial charge in [0.1, 0.15) is 10.3 Å². The second-order valence-corrected chi connectivity index (χ2v) is 6.85. The van der Waals surface area contributed by atoms with Gasteiger partial charge in [-0.25, -0.2) is 14.8 Å². The minimum atomic E-state index is -1.19. The number of anilines is 1. The number of nitrogens with zero attached hydrogens (tertiary/aromatic N) is 2. The average molecular weight is 295 g/mol. The normalized spacial score (nSPS) is 13.4. The molecule has 2 heterocycles. The van der Waals surface area contributed by atoms with Crippen LogP contribution in [0.25, 0.3) is 10.3 Å². The summed E-state index contributed by atoms with van der Waals surface area (Å²) in [6.07, 6.45) is -0.616. The molecular weight excluding hydrogens is 278 g/mol. The van der Waals surface area contributed by atoms with Gasteiger partial charge in [0.05, 0.1) is 23.0 Å². The minimum absolute atomic E-state index is 0.276. The van der Waals surface area contributed by atoms with Gasteiger partial charge in [-0.2, -0.15) is 0 Å². The number of pyridine rings is 1. The van der Waals surface area contributed by atoms with E-state index in [0.717, 1.165) is 5.01 Å². The van der Waals surface area contributed by atoms with Crippen LogP contribution in [0, 0.1) is 12.3 Å². The van der Waals surface area contributed by atoms with Crippen LogP contribution < -0.4 is 5.32 Å². The Morgan fingerprint density at radius 3 is 2.65 bits per heavy atom. The van der Waals surface area contributed by atoms with E-state index in [1.54, 1.807) is 0 Å². The molecule has 1 amide bonds. The Morgan fingerprint density at radius 1 is 1.45 bits per heavy atom. The molecule has 0 aromatic carbocycles. The molecule has 7 heteroatoms. The number of carbonyl (C=O) groups is 1. The standard InChI is InChI=1S/C13H17N3O3S/c1-6-15-9-8(10(17)13(2,3)4)7(16-12(18)19)5-14-11(9)20-6/h5,10,16-17H,1-4H3,(H,18,19). The molecule has 2 rings (SSSR count). The molecule has 1 unspecified atom stereocenters. The van der Waals surface area contributed by atoms with Crippen molar-refractivity contribution in [3.63, 3.8) is 0 Å². The molecule has 108 valence electrons. The topological polar surface area (TPSA) is 95.3 Å². The van der Waals surface area contributed by atoms with Crippen molar-refractivity contribution in [3.8, 4) is 0 Å². The van der Waals surface area contributed by atoms with Gasteiger partial charge in [-0.05, 0) is 12.3 Å². The van der Waals surface area contributed by atoms with Crippen LogP contribution in [0.3, 0.4) is 0 Å². The van der Waals surface area contributed by atoms with Crippen molar-refractivity contribution in [2.75, 3.05) is 5.32 Å². The number of hydrogen-bond acceptors (Lipinski definition) is 5. The van der Waals surface area contributed by atoms with Gasteiger partial charge < -0.3 is 10.2 Å². The van der Waals surface area contributed by atoms with E-state index in [4.69, 9.17) is 5.11 Å². The largest absolute Gasteiger partial charge is 0.465 e. The molecule has 0 aliphatic carbocycles. The zero-order valence-corrected chi connectivity index (χ0v) is 12.6. The molecule has 0 saturated carbocycles. The van der Waals surface area contributed by atoms with Crippen LogP contribution in [-0.2, 0) is 0 Å². The van der Waals surface area contributed by atoms with E-state index in [2.05, 4.69) is 15.3 Å². The predicted octanol–water partition coefficient (Wildman–Crippen LogP) is 3.17. The van der Waals surface area contributed by atoms with Gasteiger partial charge in [0.25, 0.3) is 0 Å². The summed E-state index contributed by atoms with van der Waals surface area (Å²) in [4.78, 5) is 20.2. The third-order valence-corrected chi connectivity index (χ3v) is 3.79. The van der Waals surface area contributed by atoms with Gasteiger partial charge in [0, 0.05) is 5.56 Å². The SMILES string of the molecule is Cc1nc2c(C(O)C(C)(C)C)c(NC(=O)O)cnc2s1. The maximum Gasteiger partial charge on any atom is 0.409 e. The first-order valence-corrected chi connectivity index (χ1v) is 6.96. The van der Waals surface area contributed by atoms with Crippen LogP contribution in [0.1, 0.15) is 37.4 Å². The summed E-state index contributed by atoms with van der Waals surface area (Å²) in [7, 11) is 0. The van der Waals surface area contributed by atoms with E-state index in [0.29, 0.717) is 15.9 Å². The number of thiazole rings is 1. The number of rotatable bonds is 2. The Hall–Kier alpha value is -1.73. The highest BCUT2D eigenvalue weighted by atomic mass is 32.1. The Bertz CT molecular complexity index is 661. The fourth-order valence-corrected chi connectivity index (χ4v) is 2.70. The molecule has 0 radical (unpaired) electrons. The molecule has 0 aliphatic rings. The Balaban J connectivity index is 2.70. The number of aryl methyl sites for hydroxylation is 1. The van der Waals surface area contributed by atoms with Crippen LogP contribution in [0.15, 0.2) is 6.20 Å². The maximum atomic E-state index is 10.9. The summed E-state index contributed by atoms with van der Waals surface area (Å²) in [5.41, 5.74) is 0.869. The molecule has 0 spiro atoms. The van der Waals surface area contributed by atoms with Crippen LogP contribution in [0.4, 0.5) is 10.5 Å². The average Bonchev–Trinajstić information content (AvgIpc) is 2.66. The minimum Gasteiger partial charge on any atom is -0.465 e. The van der Waals surface area contributed by atoms with E-state index < -0.39 is 17.6 Å². The van der Waals surface area contributed by atoms with Gasteiger partial charge in [-0.3, -0.25) is 5.32 Å². The summed E-state index contributed by atoms with van der Waals surface area (Å²) >= 11 is 1.41. The fraction of sp³-hybridized carbons (Fsp3) is 0.462. The second-order valence-electron chi connectivity index (χ2n) is 5.67. The highest BCUT2D eigenvalue weighted by Gasteiger charge is 2.30. The van der Waals surface area contributed by atoms with E-state index in [9.17, 15) is 9.90 Å². The number of aliphatic hydroxyl groups is 1. The lowest BCUT2D eigenvalue weighted by Crippen LogP contribution is -2.21. The molecule has 0 fully saturated rings. The lowest BCUT2D eigenvalue weighted by Gasteiger charge is -2.27. The van der Waals surface area contributed by atoms with Crippen LogP contribution >= 0.6 is 11.3 Å². The molecule has 0 aliphatic heterocycles. The van der Waals surface area contributed by atoms with Crippen LogP contribution in [-0.4, -0.2) is 26.3 Å². The van der Waals surface area contributed by atoms with Crippen molar-refractivity contribution in [2.24, 2.45) is 5.41 Å². The van der Waals surface area contributed by atoms with Crippen molar-refractivity contribution in [1.82, 2.24) is 9.97 Å². The van der Waals surface area contributed by atoms with E-state index in [-0.39, 0.29) is 5.69 Å². The molecule has 6 nitrogen and oxygen atoms in total. The first kappa shape index (κ1) is 14.7. The zero-order valence-electron chi connectivity index (χ0n) is 11.8. The molecule has 3 N–H and O–H groups in total. The summed E-state index contributed by atoms with van der Waals surface area (Å²) < 4.78 is 0. The first-order chi connectivity index (χ1) is 9.20. The lowest BCUT2D eigenvalue weighted by atomic mass is 9.84. The second kappa shape index (κ2) is 4.99. The molecule has 0 saturated heterocycles. The Labute approximate surface area is 120 Å². The molecule has 2 aromatic rings. The quantitative estimate of drug-likeness (QED) is 0.791. The number of aliphatic hydroxyl groups excluding tert-OH is 1. The molecule has 0 bridgehead atoms. The third-order valence-electron chi connectivity index (χ3n) is 2.91. The van der Waals surface area contributed by atoms with Crippen molar-refractivity contribution in [3.05, 3.63) is 16.8 Å². The van der Waals surface area contributed by atoms with Crippen molar-refractivity contribution >= 4 is 33.5 Å². The molecule has 20 heavy (non-hydrogen) atoms. The fourth-order valence-electron chi connectivity index (χ4n) is 1.92. The Morgan fingerprint density at radius 2 is 2.10 bits per heavy atom. The number of aromatic nitrogens is 2. The van der Waals surface area contributed by atoms with Crippen molar-refractivity contribution in [2.45, 2.75) is 33.8 Å². The highest BCUT2D eigenvalue weighted by Crippen LogP contribution is 2.40. The Kier molecular flexibility index (Phi) is 3.66. The van der Waals surface area contributed by atoms with Crippen molar-refractivity contribution < 1.29 is 15.0 Å². The van der Waals surface area contributed by atoms with Gasteiger partial charge in [0.2, 0.25) is 0 Å². The number of hydrogen-bond donors (Lipinski definition) is 3. The number of nitrogens with one attached hydrogen (secondary N) is 1. The third kappa shape index (κ3) is 2.73. The van der Waals surface area contributed by atoms with Crippen molar-refractivity contribution in [1.29, 1.82) is 0 Å². The van der Waals surface area contributed by atoms with Crippen LogP contribution in [0.2, 0.25) is 0 Å². The highest BCUT2D eigenvalue weighted by molar-refractivity contribution is 7.18. The van der Waals surface area contributed by atoms with E-state index in [1.165, 1.54) is 17.5 Å². The van der Waals surface area contributed by atoms with Gasteiger partial charge >= 0.3 is 6.09 Å². The molecular formula is C13H17N3O3S. The molecule has 2 aromatic heterocycles. The number of carboxylic acid groups (broad SMARTS) is 1. The zero-order chi connectivity index (χ0) is 15.1. The number of fused-ring (bicyclic) bond motifs is 1. The van der Waals surface area contributed by atoms with Gasteiger partial charge in [0.15, 0.2) is 0 Å². The van der Waals surface area contributed by atoms with E-state index >= 15 is 0 Å². The lowest BCUT2D eigenvalue weighted by molar-refractivity contribution is 0.0643.